The van der Waals surface area contributed by atoms with Gasteiger partial charge in [-0.2, -0.15) is 13.2 Å². The van der Waals surface area contributed by atoms with Crippen LogP contribution in [-0.4, -0.2) is 6.54 Å². The van der Waals surface area contributed by atoms with Crippen molar-refractivity contribution in [3.05, 3.63) is 35.1 Å². The molecule has 0 atom stereocenters. The highest BCUT2D eigenvalue weighted by molar-refractivity contribution is 5.27. The lowest BCUT2D eigenvalue weighted by molar-refractivity contribution is -0.140. The largest absolute Gasteiger partial charge is 0.419 e. The van der Waals surface area contributed by atoms with E-state index >= 15 is 0 Å². The summed E-state index contributed by atoms with van der Waals surface area (Å²) in [6, 6.07) is 3.10. The zero-order valence-electron chi connectivity index (χ0n) is 11.4. The molecule has 1 aromatic carbocycles. The van der Waals surface area contributed by atoms with Crippen LogP contribution in [0.15, 0.2) is 18.2 Å². The lowest BCUT2D eigenvalue weighted by atomic mass is 9.90. The molecule has 5 heteroatoms. The van der Waals surface area contributed by atoms with Crippen LogP contribution in [0.3, 0.4) is 0 Å². The highest BCUT2D eigenvalue weighted by Gasteiger charge is 2.34. The van der Waals surface area contributed by atoms with Gasteiger partial charge in [0.2, 0.25) is 0 Å². The number of benzene rings is 1. The molecular formula is C14H19F4N. The topological polar surface area (TPSA) is 12.0 Å². The van der Waals surface area contributed by atoms with E-state index in [9.17, 15) is 17.6 Å². The van der Waals surface area contributed by atoms with E-state index < -0.39 is 17.6 Å². The van der Waals surface area contributed by atoms with Gasteiger partial charge in [-0.1, -0.05) is 26.8 Å². The van der Waals surface area contributed by atoms with E-state index in [1.165, 1.54) is 6.07 Å². The molecule has 0 unspecified atom stereocenters. The maximum absolute atomic E-state index is 13.1. The number of hydrogen-bond acceptors (Lipinski definition) is 1. The summed E-state index contributed by atoms with van der Waals surface area (Å²) < 4.78 is 50.7. The Kier molecular flexibility index (Phi) is 4.96. The molecule has 0 bridgehead atoms. The van der Waals surface area contributed by atoms with E-state index in [0.29, 0.717) is 18.7 Å². The summed E-state index contributed by atoms with van der Waals surface area (Å²) in [7, 11) is 0. The third-order valence-electron chi connectivity index (χ3n) is 3.23. The first-order valence-electron chi connectivity index (χ1n) is 6.22. The molecule has 0 fully saturated rings. The average Bonchev–Trinajstić information content (AvgIpc) is 2.30. The lowest BCUT2D eigenvalue weighted by Crippen LogP contribution is -2.28. The van der Waals surface area contributed by atoms with Gasteiger partial charge in [-0.15, -0.1) is 0 Å². The van der Waals surface area contributed by atoms with Crippen LogP contribution in [-0.2, 0) is 12.7 Å². The second-order valence-corrected chi connectivity index (χ2v) is 5.43. The minimum Gasteiger partial charge on any atom is -0.312 e. The van der Waals surface area contributed by atoms with E-state index in [1.807, 2.05) is 0 Å². The van der Waals surface area contributed by atoms with E-state index in [-0.39, 0.29) is 5.41 Å². The number of rotatable bonds is 5. The van der Waals surface area contributed by atoms with Gasteiger partial charge in [-0.05, 0) is 29.5 Å². The van der Waals surface area contributed by atoms with Gasteiger partial charge in [0.1, 0.15) is 5.82 Å². The van der Waals surface area contributed by atoms with Gasteiger partial charge in [0.25, 0.3) is 0 Å². The first kappa shape index (κ1) is 16.0. The third kappa shape index (κ3) is 4.82. The molecule has 0 amide bonds. The van der Waals surface area contributed by atoms with E-state index in [2.05, 4.69) is 26.1 Å². The van der Waals surface area contributed by atoms with Crippen LogP contribution in [0.1, 0.15) is 38.3 Å². The molecule has 1 rings (SSSR count). The number of hydrogen-bond donors (Lipinski definition) is 1. The fraction of sp³-hybridized carbons (Fsp3) is 0.571. The smallest absolute Gasteiger partial charge is 0.312 e. The highest BCUT2D eigenvalue weighted by Crippen LogP contribution is 2.31. The second-order valence-electron chi connectivity index (χ2n) is 5.43. The van der Waals surface area contributed by atoms with Crippen LogP contribution in [0.25, 0.3) is 0 Å². The Balaban J connectivity index is 2.71. The van der Waals surface area contributed by atoms with Crippen molar-refractivity contribution in [3.8, 4) is 0 Å². The minimum atomic E-state index is -4.65. The molecule has 0 radical (unpaired) electrons. The first-order valence-corrected chi connectivity index (χ1v) is 6.22. The van der Waals surface area contributed by atoms with Gasteiger partial charge in [0.05, 0.1) is 5.56 Å². The quantitative estimate of drug-likeness (QED) is 0.788. The highest BCUT2D eigenvalue weighted by atomic mass is 19.4. The molecule has 1 N–H and O–H groups in total. The standard InChI is InChI=1S/C14H19F4N/c1-4-13(2,3)9-19-8-10-5-6-12(15)11(7-10)14(16,17)18/h5-7,19H,4,8-9H2,1-3H3. The van der Waals surface area contributed by atoms with Gasteiger partial charge >= 0.3 is 6.18 Å². The lowest BCUT2D eigenvalue weighted by Gasteiger charge is -2.23. The summed E-state index contributed by atoms with van der Waals surface area (Å²) in [5, 5.41) is 3.10. The molecule has 0 heterocycles. The number of halogens is 4. The Labute approximate surface area is 111 Å². The molecule has 0 aliphatic carbocycles. The summed E-state index contributed by atoms with van der Waals surface area (Å²) in [5.74, 6) is -1.23. The third-order valence-corrected chi connectivity index (χ3v) is 3.23. The molecule has 0 aromatic heterocycles. The Morgan fingerprint density at radius 2 is 1.79 bits per heavy atom. The van der Waals surface area contributed by atoms with Crippen molar-refractivity contribution in [1.29, 1.82) is 0 Å². The van der Waals surface area contributed by atoms with Crippen LogP contribution in [0.5, 0.6) is 0 Å². The molecule has 0 aliphatic heterocycles. The second kappa shape index (κ2) is 5.90. The van der Waals surface area contributed by atoms with Crippen LogP contribution < -0.4 is 5.32 Å². The van der Waals surface area contributed by atoms with Crippen molar-refractivity contribution in [1.82, 2.24) is 5.32 Å². The van der Waals surface area contributed by atoms with E-state index in [4.69, 9.17) is 0 Å². The Hall–Kier alpha value is -1.10. The van der Waals surface area contributed by atoms with Crippen molar-refractivity contribution in [2.45, 2.75) is 39.9 Å². The van der Waals surface area contributed by atoms with Crippen LogP contribution in [0.2, 0.25) is 0 Å². The number of alkyl halides is 3. The molecule has 0 aliphatic rings. The Morgan fingerprint density at radius 3 is 2.32 bits per heavy atom. The summed E-state index contributed by atoms with van der Waals surface area (Å²) in [4.78, 5) is 0. The predicted molar refractivity (Wildman–Crippen MR) is 67.2 cm³/mol. The minimum absolute atomic E-state index is 0.0902. The molecule has 1 aromatic rings. The normalized spacial score (nSPS) is 12.8. The van der Waals surface area contributed by atoms with Gasteiger partial charge in [0.15, 0.2) is 0 Å². The Bertz CT molecular complexity index is 424. The fourth-order valence-electron chi connectivity index (χ4n) is 1.57. The molecule has 0 saturated heterocycles. The van der Waals surface area contributed by atoms with Gasteiger partial charge in [-0.3, -0.25) is 0 Å². The maximum atomic E-state index is 13.1. The maximum Gasteiger partial charge on any atom is 0.419 e. The zero-order chi connectivity index (χ0) is 14.7. The first-order chi connectivity index (χ1) is 8.65. The molecule has 108 valence electrons. The molecule has 0 saturated carbocycles. The monoisotopic (exact) mass is 277 g/mol. The molecular weight excluding hydrogens is 258 g/mol. The Morgan fingerprint density at radius 1 is 1.16 bits per heavy atom. The summed E-state index contributed by atoms with van der Waals surface area (Å²) in [6.45, 7) is 7.20. The summed E-state index contributed by atoms with van der Waals surface area (Å²) in [5.41, 5.74) is -0.686. The predicted octanol–water partition coefficient (Wildman–Crippen LogP) is 4.37. The van der Waals surface area contributed by atoms with Gasteiger partial charge in [0, 0.05) is 13.1 Å². The summed E-state index contributed by atoms with van der Waals surface area (Å²) in [6.07, 6.45) is -3.68. The van der Waals surface area contributed by atoms with Crippen LogP contribution >= 0.6 is 0 Å². The van der Waals surface area contributed by atoms with Crippen molar-refractivity contribution in [2.24, 2.45) is 5.41 Å². The van der Waals surface area contributed by atoms with Gasteiger partial charge in [-0.25, -0.2) is 4.39 Å². The summed E-state index contributed by atoms with van der Waals surface area (Å²) >= 11 is 0. The van der Waals surface area contributed by atoms with Crippen LogP contribution in [0, 0.1) is 11.2 Å². The molecule has 0 spiro atoms. The average molecular weight is 277 g/mol. The van der Waals surface area contributed by atoms with Crippen LogP contribution in [0.4, 0.5) is 17.6 Å². The van der Waals surface area contributed by atoms with Crippen molar-refractivity contribution in [3.63, 3.8) is 0 Å². The SMILES string of the molecule is CCC(C)(C)CNCc1ccc(F)c(C(F)(F)F)c1. The molecule has 1 nitrogen and oxygen atoms in total. The fourth-order valence-corrected chi connectivity index (χ4v) is 1.57. The van der Waals surface area contributed by atoms with Crippen molar-refractivity contribution < 1.29 is 17.6 Å². The number of nitrogens with one attached hydrogen (secondary N) is 1. The van der Waals surface area contributed by atoms with E-state index in [0.717, 1.165) is 18.6 Å². The van der Waals surface area contributed by atoms with Crippen molar-refractivity contribution in [2.75, 3.05) is 6.54 Å². The van der Waals surface area contributed by atoms with Crippen molar-refractivity contribution >= 4 is 0 Å². The van der Waals surface area contributed by atoms with Gasteiger partial charge < -0.3 is 5.32 Å². The zero-order valence-corrected chi connectivity index (χ0v) is 11.4. The molecule has 19 heavy (non-hydrogen) atoms. The van der Waals surface area contributed by atoms with E-state index in [1.54, 1.807) is 0 Å².